The van der Waals surface area contributed by atoms with Crippen molar-refractivity contribution in [2.45, 2.75) is 25.8 Å². The second-order valence-corrected chi connectivity index (χ2v) is 5.45. The van der Waals surface area contributed by atoms with Gasteiger partial charge in [0.25, 0.3) is 5.91 Å². The number of nitrogens with one attached hydrogen (secondary N) is 1. The van der Waals surface area contributed by atoms with E-state index in [0.717, 1.165) is 0 Å². The number of carboxylic acids is 1. The summed E-state index contributed by atoms with van der Waals surface area (Å²) in [4.78, 5) is 25.4. The van der Waals surface area contributed by atoms with Crippen LogP contribution in [0.2, 0.25) is 0 Å². The van der Waals surface area contributed by atoms with E-state index in [9.17, 15) is 9.59 Å². The molecule has 110 valence electrons. The summed E-state index contributed by atoms with van der Waals surface area (Å²) in [5.74, 6) is -1.48. The monoisotopic (exact) mass is 288 g/mol. The molecular formula is C14H16N4O3. The minimum atomic E-state index is -0.841. The van der Waals surface area contributed by atoms with Gasteiger partial charge in [0.1, 0.15) is 11.0 Å². The van der Waals surface area contributed by atoms with Crippen LogP contribution in [-0.4, -0.2) is 49.9 Å². The number of carbonyl (C=O) groups is 2. The van der Waals surface area contributed by atoms with Crippen LogP contribution in [-0.2, 0) is 4.79 Å². The molecule has 0 bridgehead atoms. The first-order valence-electron chi connectivity index (χ1n) is 6.90. The first kappa shape index (κ1) is 13.5. The Bertz CT molecular complexity index is 696. The average Bonchev–Trinajstić information content (AvgIpc) is 2.94. The number of aromatic nitrogens is 3. The Balaban J connectivity index is 1.86. The molecule has 1 aliphatic heterocycles. The summed E-state index contributed by atoms with van der Waals surface area (Å²) in [6.45, 7) is 2.21. The summed E-state index contributed by atoms with van der Waals surface area (Å²) in [6.07, 6.45) is 1.32. The summed E-state index contributed by atoms with van der Waals surface area (Å²) >= 11 is 0. The van der Waals surface area contributed by atoms with Gasteiger partial charge in [-0.3, -0.25) is 9.59 Å². The predicted molar refractivity (Wildman–Crippen MR) is 74.7 cm³/mol. The van der Waals surface area contributed by atoms with Crippen LogP contribution in [0.15, 0.2) is 18.2 Å². The van der Waals surface area contributed by atoms with Gasteiger partial charge in [0.2, 0.25) is 0 Å². The second kappa shape index (κ2) is 5.16. The average molecular weight is 288 g/mol. The van der Waals surface area contributed by atoms with Gasteiger partial charge >= 0.3 is 5.97 Å². The number of rotatable bonds is 2. The molecule has 7 nitrogen and oxygen atoms in total. The van der Waals surface area contributed by atoms with E-state index in [0.29, 0.717) is 29.4 Å². The molecule has 3 rings (SSSR count). The first-order chi connectivity index (χ1) is 10.1. The zero-order valence-electron chi connectivity index (χ0n) is 11.6. The summed E-state index contributed by atoms with van der Waals surface area (Å²) in [5, 5.41) is 19.6. The van der Waals surface area contributed by atoms with Crippen LogP contribution in [0.4, 0.5) is 0 Å². The molecule has 1 aromatic heterocycles. The molecular weight excluding hydrogens is 272 g/mol. The van der Waals surface area contributed by atoms with Crippen LogP contribution >= 0.6 is 0 Å². The maximum atomic E-state index is 12.6. The molecule has 7 heteroatoms. The number of carbonyl (C=O) groups excluding carboxylic acids is 1. The largest absolute Gasteiger partial charge is 0.481 e. The molecule has 0 spiro atoms. The molecule has 2 heterocycles. The van der Waals surface area contributed by atoms with Gasteiger partial charge in [-0.05, 0) is 38.0 Å². The maximum Gasteiger partial charge on any atom is 0.308 e. The van der Waals surface area contributed by atoms with Gasteiger partial charge in [0.15, 0.2) is 0 Å². The SMILES string of the molecule is CC1CCC(C(=O)O)CN1C(=O)c1ccc2n[nH]nc2c1. The Morgan fingerprint density at radius 2 is 2.05 bits per heavy atom. The minimum absolute atomic E-state index is 0.0427. The zero-order valence-corrected chi connectivity index (χ0v) is 11.6. The van der Waals surface area contributed by atoms with E-state index in [4.69, 9.17) is 5.11 Å². The normalized spacial score (nSPS) is 22.4. The van der Waals surface area contributed by atoms with E-state index in [-0.39, 0.29) is 18.5 Å². The van der Waals surface area contributed by atoms with Crippen molar-refractivity contribution < 1.29 is 14.7 Å². The highest BCUT2D eigenvalue weighted by molar-refractivity contribution is 5.97. The summed E-state index contributed by atoms with van der Waals surface area (Å²) in [7, 11) is 0. The Morgan fingerprint density at radius 3 is 2.81 bits per heavy atom. The first-order valence-corrected chi connectivity index (χ1v) is 6.90. The van der Waals surface area contributed by atoms with Crippen LogP contribution in [0.1, 0.15) is 30.1 Å². The third-order valence-corrected chi connectivity index (χ3v) is 4.06. The van der Waals surface area contributed by atoms with Crippen molar-refractivity contribution in [1.82, 2.24) is 20.3 Å². The fourth-order valence-electron chi connectivity index (χ4n) is 2.73. The van der Waals surface area contributed by atoms with Gasteiger partial charge in [-0.1, -0.05) is 0 Å². The number of hydrogen-bond acceptors (Lipinski definition) is 4. The quantitative estimate of drug-likeness (QED) is 0.867. The van der Waals surface area contributed by atoms with Crippen LogP contribution in [0, 0.1) is 5.92 Å². The molecule has 1 saturated heterocycles. The summed E-state index contributed by atoms with van der Waals surface area (Å²) < 4.78 is 0. The lowest BCUT2D eigenvalue weighted by Crippen LogP contribution is -2.47. The number of amides is 1. The van der Waals surface area contributed by atoms with Crippen molar-refractivity contribution in [3.8, 4) is 0 Å². The van der Waals surface area contributed by atoms with Crippen LogP contribution in [0.3, 0.4) is 0 Å². The highest BCUT2D eigenvalue weighted by Crippen LogP contribution is 2.24. The van der Waals surface area contributed by atoms with Crippen molar-refractivity contribution in [3.63, 3.8) is 0 Å². The smallest absolute Gasteiger partial charge is 0.308 e. The topological polar surface area (TPSA) is 99.2 Å². The van der Waals surface area contributed by atoms with E-state index in [1.54, 1.807) is 23.1 Å². The van der Waals surface area contributed by atoms with Gasteiger partial charge in [-0.25, -0.2) is 0 Å². The Hall–Kier alpha value is -2.44. The molecule has 2 atom stereocenters. The number of H-pyrrole nitrogens is 1. The minimum Gasteiger partial charge on any atom is -0.481 e. The van der Waals surface area contributed by atoms with Crippen molar-refractivity contribution in [1.29, 1.82) is 0 Å². The van der Waals surface area contributed by atoms with Crippen molar-refractivity contribution in [3.05, 3.63) is 23.8 Å². The number of benzene rings is 1. The number of piperidine rings is 1. The van der Waals surface area contributed by atoms with E-state index >= 15 is 0 Å². The van der Waals surface area contributed by atoms with Crippen LogP contribution in [0.25, 0.3) is 11.0 Å². The Morgan fingerprint density at radius 1 is 1.29 bits per heavy atom. The van der Waals surface area contributed by atoms with E-state index in [1.165, 1.54) is 0 Å². The number of fused-ring (bicyclic) bond motifs is 1. The van der Waals surface area contributed by atoms with Gasteiger partial charge in [-0.15, -0.1) is 0 Å². The Kier molecular flexibility index (Phi) is 3.32. The lowest BCUT2D eigenvalue weighted by atomic mass is 9.93. The van der Waals surface area contributed by atoms with Gasteiger partial charge in [0, 0.05) is 18.2 Å². The molecule has 2 aromatic rings. The summed E-state index contributed by atoms with van der Waals surface area (Å²) in [6, 6.07) is 5.15. The lowest BCUT2D eigenvalue weighted by molar-refractivity contribution is -0.143. The Labute approximate surface area is 120 Å². The molecule has 1 aliphatic rings. The number of hydrogen-bond donors (Lipinski definition) is 2. The maximum absolute atomic E-state index is 12.6. The highest BCUT2D eigenvalue weighted by atomic mass is 16.4. The fourth-order valence-corrected chi connectivity index (χ4v) is 2.73. The van der Waals surface area contributed by atoms with Gasteiger partial charge in [-0.2, -0.15) is 15.4 Å². The predicted octanol–water partition coefficient (Wildman–Crippen LogP) is 1.28. The zero-order chi connectivity index (χ0) is 15.0. The number of nitrogens with zero attached hydrogens (tertiary/aromatic N) is 3. The van der Waals surface area contributed by atoms with Crippen LogP contribution in [0.5, 0.6) is 0 Å². The summed E-state index contributed by atoms with van der Waals surface area (Å²) in [5.41, 5.74) is 1.83. The second-order valence-electron chi connectivity index (χ2n) is 5.45. The van der Waals surface area contributed by atoms with Crippen molar-refractivity contribution in [2.75, 3.05) is 6.54 Å². The number of carboxylic acid groups (broad SMARTS) is 1. The van der Waals surface area contributed by atoms with Gasteiger partial charge < -0.3 is 10.0 Å². The van der Waals surface area contributed by atoms with Crippen molar-refractivity contribution >= 4 is 22.9 Å². The van der Waals surface area contributed by atoms with Gasteiger partial charge in [0.05, 0.1) is 5.92 Å². The third kappa shape index (κ3) is 2.46. The molecule has 1 amide bonds. The standard InChI is InChI=1S/C14H16N4O3/c1-8-2-3-10(14(20)21)7-18(8)13(19)9-4-5-11-12(6-9)16-17-15-11/h4-6,8,10H,2-3,7H2,1H3,(H,20,21)(H,15,16,17). The number of likely N-dealkylation sites (tertiary alicyclic amines) is 1. The van der Waals surface area contributed by atoms with E-state index in [2.05, 4.69) is 15.4 Å². The molecule has 0 radical (unpaired) electrons. The van der Waals surface area contributed by atoms with E-state index in [1.807, 2.05) is 6.92 Å². The number of aromatic amines is 1. The molecule has 2 N–H and O–H groups in total. The third-order valence-electron chi connectivity index (χ3n) is 4.06. The van der Waals surface area contributed by atoms with Crippen molar-refractivity contribution in [2.24, 2.45) is 5.92 Å². The molecule has 1 aromatic carbocycles. The van der Waals surface area contributed by atoms with E-state index < -0.39 is 11.9 Å². The molecule has 0 saturated carbocycles. The number of aliphatic carboxylic acids is 1. The highest BCUT2D eigenvalue weighted by Gasteiger charge is 2.33. The molecule has 1 fully saturated rings. The fraction of sp³-hybridized carbons (Fsp3) is 0.429. The van der Waals surface area contributed by atoms with Crippen LogP contribution < -0.4 is 0 Å². The molecule has 21 heavy (non-hydrogen) atoms. The molecule has 0 aliphatic carbocycles. The molecule has 2 unspecified atom stereocenters. The lowest BCUT2D eigenvalue weighted by Gasteiger charge is -2.36.